The highest BCUT2D eigenvalue weighted by Crippen LogP contribution is 2.30. The highest BCUT2D eigenvalue weighted by molar-refractivity contribution is 7.12. The van der Waals surface area contributed by atoms with Crippen LogP contribution in [-0.4, -0.2) is 37.3 Å². The van der Waals surface area contributed by atoms with E-state index < -0.39 is 0 Å². The minimum Gasteiger partial charge on any atom is -0.158 e. The summed E-state index contributed by atoms with van der Waals surface area (Å²) >= 11 is 4.95. The Bertz CT molecular complexity index is 3280. The van der Waals surface area contributed by atoms with E-state index in [0.717, 1.165) is 31.3 Å². The van der Waals surface area contributed by atoms with E-state index in [2.05, 4.69) is 194 Å². The van der Waals surface area contributed by atoms with Crippen molar-refractivity contribution in [3.05, 3.63) is 248 Å². The van der Waals surface area contributed by atoms with Crippen molar-refractivity contribution in [1.29, 1.82) is 0 Å². The monoisotopic (exact) mass is 942 g/mol. The number of fused-ring (bicyclic) bond motifs is 6. The van der Waals surface area contributed by atoms with E-state index in [4.69, 9.17) is 0 Å². The summed E-state index contributed by atoms with van der Waals surface area (Å²) in [5.41, 5.74) is 3.34. The van der Waals surface area contributed by atoms with Gasteiger partial charge in [-0.05, 0) is 117 Å². The molecule has 12 rings (SSSR count). The lowest BCUT2D eigenvalue weighted by atomic mass is 9.97. The first-order valence-electron chi connectivity index (χ1n) is 22.3. The van der Waals surface area contributed by atoms with E-state index in [9.17, 15) is 0 Å². The third-order valence-electron chi connectivity index (χ3n) is 11.4. The van der Waals surface area contributed by atoms with E-state index in [1.807, 2.05) is 71.2 Å². The van der Waals surface area contributed by atoms with Gasteiger partial charge in [-0.3, -0.25) is 0 Å². The molecule has 0 fully saturated rings. The maximum Gasteiger partial charge on any atom is 0.0667 e. The fourth-order valence-electron chi connectivity index (χ4n) is 8.20. The van der Waals surface area contributed by atoms with Gasteiger partial charge in [0.15, 0.2) is 0 Å². The van der Waals surface area contributed by atoms with Gasteiger partial charge in [-0.1, -0.05) is 164 Å². The summed E-state index contributed by atoms with van der Waals surface area (Å²) < 4.78 is 0. The average Bonchev–Trinajstić information content (AvgIpc) is 4.24. The number of rotatable bonds is 9. The number of thiophene rings is 3. The maximum absolute atomic E-state index is 4.27. The van der Waals surface area contributed by atoms with Gasteiger partial charge in [-0.25, -0.2) is 0 Å². The van der Waals surface area contributed by atoms with Crippen LogP contribution in [0, 0.1) is 0 Å². The van der Waals surface area contributed by atoms with Crippen molar-refractivity contribution in [2.45, 2.75) is 0 Å². The van der Waals surface area contributed by atoms with Gasteiger partial charge in [0.2, 0.25) is 0 Å². The van der Waals surface area contributed by atoms with E-state index in [1.54, 1.807) is 52.7 Å². The summed E-state index contributed by atoms with van der Waals surface area (Å²) in [6.45, 7) is 0. The van der Waals surface area contributed by atoms with Crippen LogP contribution in [0.3, 0.4) is 0 Å². The minimum absolute atomic E-state index is 1.10. The molecule has 330 valence electrons. The lowest BCUT2D eigenvalue weighted by molar-refractivity contribution is 1.27. The zero-order valence-corrected chi connectivity index (χ0v) is 39.6. The first-order chi connectivity index (χ1) is 34.2. The summed E-state index contributed by atoms with van der Waals surface area (Å²) in [5, 5.41) is 45.9. The smallest absolute Gasteiger partial charge is 0.0667 e. The van der Waals surface area contributed by atoms with Gasteiger partial charge in [0.1, 0.15) is 0 Å². The summed E-state index contributed by atoms with van der Waals surface area (Å²) in [5.74, 6) is 0. The van der Waals surface area contributed by atoms with Gasteiger partial charge in [0.25, 0.3) is 0 Å². The van der Waals surface area contributed by atoms with Crippen LogP contribution in [0.5, 0.6) is 0 Å². The van der Waals surface area contributed by atoms with Crippen molar-refractivity contribution in [2.75, 3.05) is 0 Å². The molecule has 0 spiro atoms. The Kier molecular flexibility index (Phi) is 14.2. The molecule has 0 aliphatic rings. The van der Waals surface area contributed by atoms with Gasteiger partial charge < -0.3 is 0 Å². The molecule has 9 heteroatoms. The molecule has 0 unspecified atom stereocenters. The highest BCUT2D eigenvalue weighted by Gasteiger charge is 2.08. The predicted octanol–water partition coefficient (Wildman–Crippen LogP) is 16.5. The van der Waals surface area contributed by atoms with Crippen molar-refractivity contribution >= 4 is 136 Å². The van der Waals surface area contributed by atoms with Crippen LogP contribution in [0.25, 0.3) is 64.6 Å². The Morgan fingerprint density at radius 3 is 0.667 bits per heavy atom. The Labute approximate surface area is 411 Å². The molecular weight excluding hydrogens is 901 g/mol. The lowest BCUT2D eigenvalue weighted by Gasteiger charge is -2.07. The van der Waals surface area contributed by atoms with Gasteiger partial charge in [-0.15, -0.1) is 34.0 Å². The molecule has 6 nitrogen and oxygen atoms in total. The molecule has 0 aliphatic carbocycles. The highest BCUT2D eigenvalue weighted by atomic mass is 32.1. The molecule has 0 saturated heterocycles. The first kappa shape index (κ1) is 44.5. The van der Waals surface area contributed by atoms with Crippen LogP contribution >= 0.6 is 34.0 Å². The van der Waals surface area contributed by atoms with Crippen LogP contribution in [0.4, 0.5) is 0 Å². The molecule has 3 heterocycles. The summed E-state index contributed by atoms with van der Waals surface area (Å²) in [7, 11) is 0. The van der Waals surface area contributed by atoms with E-state index >= 15 is 0 Å². The Morgan fingerprint density at radius 2 is 0.449 bits per heavy atom. The topological polar surface area (TPSA) is 74.2 Å². The Balaban J connectivity index is 0.000000120. The Hall–Kier alpha value is -8.34. The number of nitrogens with zero attached hydrogens (tertiary/aromatic N) is 6. The molecule has 0 aliphatic heterocycles. The summed E-state index contributed by atoms with van der Waals surface area (Å²) in [6, 6.07) is 69.1. The molecular formula is C60H42N6S3. The van der Waals surface area contributed by atoms with Crippen LogP contribution < -0.4 is 0 Å². The third kappa shape index (κ3) is 10.8. The number of benzene rings is 9. The molecule has 0 N–H and O–H groups in total. The molecule has 69 heavy (non-hydrogen) atoms. The molecule has 3 aromatic heterocycles. The maximum atomic E-state index is 4.27. The number of hydrogen-bond donors (Lipinski definition) is 0. The normalized spacial score (nSPS) is 12.0. The molecule has 0 amide bonds. The van der Waals surface area contributed by atoms with Crippen LogP contribution in [-0.2, 0) is 0 Å². The summed E-state index contributed by atoms with van der Waals surface area (Å²) in [6.07, 6.45) is 10.9. The molecule has 0 radical (unpaired) electrons. The molecule has 0 bridgehead atoms. The fourth-order valence-corrected chi connectivity index (χ4v) is 9.94. The van der Waals surface area contributed by atoms with E-state index in [-0.39, 0.29) is 0 Å². The van der Waals surface area contributed by atoms with Crippen molar-refractivity contribution in [3.63, 3.8) is 0 Å². The zero-order valence-electron chi connectivity index (χ0n) is 37.2. The van der Waals surface area contributed by atoms with Crippen LogP contribution in [0.1, 0.15) is 31.3 Å². The second-order valence-electron chi connectivity index (χ2n) is 15.7. The van der Waals surface area contributed by atoms with Gasteiger partial charge in [0.05, 0.1) is 37.3 Å². The fraction of sp³-hybridized carbons (Fsp3) is 0. The number of hydrogen-bond acceptors (Lipinski definition) is 9. The quantitative estimate of drug-likeness (QED) is 0.0786. The second kappa shape index (κ2) is 22.0. The van der Waals surface area contributed by atoms with Crippen molar-refractivity contribution in [3.8, 4) is 0 Å². The van der Waals surface area contributed by atoms with Crippen LogP contribution in [0.15, 0.2) is 247 Å². The van der Waals surface area contributed by atoms with Crippen LogP contribution in [0.2, 0.25) is 0 Å². The van der Waals surface area contributed by atoms with E-state index in [0.29, 0.717) is 0 Å². The zero-order chi connectivity index (χ0) is 46.5. The Morgan fingerprint density at radius 1 is 0.232 bits per heavy atom. The molecule has 0 saturated carbocycles. The molecule has 12 aromatic rings. The standard InChI is InChI=1S/3C20H14N2S/c3*1-3-9-18-15(6-1)12-16-7-2-4-10-19(16)20(18)14-22-21-13-17-8-5-11-23-17/h3*1-14H/b3*21-13+,22-14+. The predicted molar refractivity (Wildman–Crippen MR) is 303 cm³/mol. The van der Waals surface area contributed by atoms with Gasteiger partial charge in [-0.2, -0.15) is 30.6 Å². The average molecular weight is 943 g/mol. The van der Waals surface area contributed by atoms with Gasteiger partial charge in [0, 0.05) is 31.3 Å². The third-order valence-corrected chi connectivity index (χ3v) is 13.8. The molecule has 9 aromatic carbocycles. The van der Waals surface area contributed by atoms with Crippen molar-refractivity contribution in [1.82, 2.24) is 0 Å². The minimum atomic E-state index is 1.10. The first-order valence-corrected chi connectivity index (χ1v) is 24.9. The summed E-state index contributed by atoms with van der Waals surface area (Å²) in [4.78, 5) is 3.31. The SMILES string of the molecule is C(=N\N=C\c1c2ccccc2cc2ccccc12)/c1cccs1.C(=N\N=C\c1c2ccccc2cc2ccccc12)/c1cccs1.C(=N\N=C\c1c2ccccc2cc2ccccc12)/c1cccs1. The van der Waals surface area contributed by atoms with Crippen molar-refractivity contribution in [2.24, 2.45) is 30.6 Å². The van der Waals surface area contributed by atoms with Crippen molar-refractivity contribution < 1.29 is 0 Å². The lowest BCUT2D eigenvalue weighted by Crippen LogP contribution is -1.88. The largest absolute Gasteiger partial charge is 0.158 e. The second-order valence-corrected chi connectivity index (χ2v) is 18.6. The van der Waals surface area contributed by atoms with Gasteiger partial charge >= 0.3 is 0 Å². The van der Waals surface area contributed by atoms with E-state index in [1.165, 1.54) is 64.6 Å². The molecule has 0 atom stereocenters.